The third kappa shape index (κ3) is 2.80. The highest BCUT2D eigenvalue weighted by atomic mass is 16.5. The van der Waals surface area contributed by atoms with Crippen LogP contribution in [0.25, 0.3) is 22.2 Å². The standard InChI is InChI=1S/C19H19N3O3/c1-24-14-4-3-5-15(25-2)17(14)13-10-20-18-12(13)8-9-16(21-18)22-19(23)11-6-7-11/h3-5,8-11H,6-7H2,1-2H3,(H2,20,21,22,23). The fourth-order valence-electron chi connectivity index (χ4n) is 2.97. The van der Waals surface area contributed by atoms with E-state index in [2.05, 4.69) is 15.3 Å². The number of carbonyl (C=O) groups is 1. The van der Waals surface area contributed by atoms with Crippen molar-refractivity contribution in [2.45, 2.75) is 12.8 Å². The van der Waals surface area contributed by atoms with Crippen molar-refractivity contribution in [3.8, 4) is 22.6 Å². The minimum Gasteiger partial charge on any atom is -0.496 e. The lowest BCUT2D eigenvalue weighted by Gasteiger charge is -2.12. The summed E-state index contributed by atoms with van der Waals surface area (Å²) < 4.78 is 11.0. The molecule has 2 heterocycles. The molecule has 128 valence electrons. The number of nitrogens with zero attached hydrogens (tertiary/aromatic N) is 1. The predicted molar refractivity (Wildman–Crippen MR) is 96.0 cm³/mol. The van der Waals surface area contributed by atoms with Gasteiger partial charge in [-0.05, 0) is 37.1 Å². The van der Waals surface area contributed by atoms with E-state index in [0.29, 0.717) is 11.5 Å². The van der Waals surface area contributed by atoms with Crippen LogP contribution in [0.5, 0.6) is 11.5 Å². The summed E-state index contributed by atoms with van der Waals surface area (Å²) in [5, 5.41) is 3.81. The summed E-state index contributed by atoms with van der Waals surface area (Å²) in [7, 11) is 3.27. The Labute approximate surface area is 145 Å². The Bertz CT molecular complexity index is 922. The molecule has 1 fully saturated rings. The third-order valence-electron chi connectivity index (χ3n) is 4.44. The summed E-state index contributed by atoms with van der Waals surface area (Å²) in [6.45, 7) is 0. The first-order valence-electron chi connectivity index (χ1n) is 8.21. The van der Waals surface area contributed by atoms with E-state index in [1.165, 1.54) is 0 Å². The quantitative estimate of drug-likeness (QED) is 0.746. The van der Waals surface area contributed by atoms with Gasteiger partial charge in [0.2, 0.25) is 5.91 Å². The van der Waals surface area contributed by atoms with E-state index in [1.54, 1.807) is 14.2 Å². The first kappa shape index (κ1) is 15.5. The number of ether oxygens (including phenoxy) is 2. The summed E-state index contributed by atoms with van der Waals surface area (Å²) in [5.41, 5.74) is 2.52. The molecule has 4 rings (SSSR count). The maximum Gasteiger partial charge on any atom is 0.228 e. The van der Waals surface area contributed by atoms with E-state index in [4.69, 9.17) is 9.47 Å². The molecular weight excluding hydrogens is 318 g/mol. The molecule has 0 aliphatic heterocycles. The van der Waals surface area contributed by atoms with Crippen molar-refractivity contribution in [3.05, 3.63) is 36.5 Å². The molecule has 0 bridgehead atoms. The molecule has 1 amide bonds. The smallest absolute Gasteiger partial charge is 0.228 e. The molecule has 0 unspecified atom stereocenters. The predicted octanol–water partition coefficient (Wildman–Crippen LogP) is 3.60. The fraction of sp³-hybridized carbons (Fsp3) is 0.263. The molecule has 0 saturated heterocycles. The number of carbonyl (C=O) groups excluding carboxylic acids is 1. The van der Waals surface area contributed by atoms with Crippen molar-refractivity contribution in [1.82, 2.24) is 9.97 Å². The number of rotatable bonds is 5. The first-order valence-corrected chi connectivity index (χ1v) is 8.21. The minimum atomic E-state index is 0.0463. The largest absolute Gasteiger partial charge is 0.496 e. The molecule has 2 aromatic heterocycles. The molecule has 1 aliphatic rings. The van der Waals surface area contributed by atoms with Crippen LogP contribution in [-0.4, -0.2) is 30.1 Å². The van der Waals surface area contributed by atoms with Crippen molar-refractivity contribution < 1.29 is 14.3 Å². The molecular formula is C19H19N3O3. The molecule has 0 radical (unpaired) electrons. The average Bonchev–Trinajstić information content (AvgIpc) is 3.41. The molecule has 6 nitrogen and oxygen atoms in total. The Morgan fingerprint density at radius 3 is 2.52 bits per heavy atom. The number of H-pyrrole nitrogens is 1. The lowest BCUT2D eigenvalue weighted by atomic mass is 10.0. The van der Waals surface area contributed by atoms with Crippen LogP contribution in [-0.2, 0) is 4.79 Å². The van der Waals surface area contributed by atoms with Crippen LogP contribution in [0.15, 0.2) is 36.5 Å². The van der Waals surface area contributed by atoms with E-state index in [0.717, 1.165) is 40.9 Å². The highest BCUT2D eigenvalue weighted by Crippen LogP contribution is 2.41. The fourth-order valence-corrected chi connectivity index (χ4v) is 2.97. The Morgan fingerprint density at radius 1 is 1.16 bits per heavy atom. The van der Waals surface area contributed by atoms with Gasteiger partial charge in [-0.2, -0.15) is 0 Å². The molecule has 0 atom stereocenters. The number of hydrogen-bond donors (Lipinski definition) is 2. The van der Waals surface area contributed by atoms with Gasteiger partial charge in [-0.3, -0.25) is 4.79 Å². The Hall–Kier alpha value is -3.02. The highest BCUT2D eigenvalue weighted by molar-refractivity contribution is 5.99. The number of aromatic amines is 1. The molecule has 1 aliphatic carbocycles. The van der Waals surface area contributed by atoms with E-state index < -0.39 is 0 Å². The minimum absolute atomic E-state index is 0.0463. The van der Waals surface area contributed by atoms with Crippen LogP contribution in [0, 0.1) is 5.92 Å². The van der Waals surface area contributed by atoms with Crippen LogP contribution >= 0.6 is 0 Å². The van der Waals surface area contributed by atoms with Gasteiger partial charge in [0.15, 0.2) is 0 Å². The van der Waals surface area contributed by atoms with Crippen molar-refractivity contribution in [2.24, 2.45) is 5.92 Å². The molecule has 3 aromatic rings. The van der Waals surface area contributed by atoms with Gasteiger partial charge in [-0.1, -0.05) is 6.07 Å². The van der Waals surface area contributed by atoms with Gasteiger partial charge >= 0.3 is 0 Å². The second-order valence-electron chi connectivity index (χ2n) is 6.10. The second-order valence-corrected chi connectivity index (χ2v) is 6.10. The van der Waals surface area contributed by atoms with E-state index >= 15 is 0 Å². The van der Waals surface area contributed by atoms with Crippen molar-refractivity contribution in [2.75, 3.05) is 19.5 Å². The number of aromatic nitrogens is 2. The van der Waals surface area contributed by atoms with Crippen molar-refractivity contribution in [1.29, 1.82) is 0 Å². The van der Waals surface area contributed by atoms with Crippen LogP contribution in [0.3, 0.4) is 0 Å². The monoisotopic (exact) mass is 337 g/mol. The molecule has 0 spiro atoms. The van der Waals surface area contributed by atoms with Gasteiger partial charge in [0.1, 0.15) is 23.0 Å². The van der Waals surface area contributed by atoms with Gasteiger partial charge < -0.3 is 19.8 Å². The number of benzene rings is 1. The Morgan fingerprint density at radius 2 is 1.88 bits per heavy atom. The SMILES string of the molecule is COc1cccc(OC)c1-c1c[nH]c2nc(NC(=O)C3CC3)ccc12. The number of methoxy groups -OCH3 is 2. The summed E-state index contributed by atoms with van der Waals surface area (Å²) in [5.74, 6) is 2.21. The summed E-state index contributed by atoms with van der Waals surface area (Å²) in [6.07, 6.45) is 3.81. The van der Waals surface area contributed by atoms with Gasteiger partial charge in [0, 0.05) is 23.1 Å². The second kappa shape index (κ2) is 6.12. The van der Waals surface area contributed by atoms with Gasteiger partial charge in [-0.15, -0.1) is 0 Å². The summed E-state index contributed by atoms with van der Waals surface area (Å²) >= 11 is 0. The normalized spacial score (nSPS) is 13.7. The lowest BCUT2D eigenvalue weighted by molar-refractivity contribution is -0.117. The average molecular weight is 337 g/mol. The zero-order chi connectivity index (χ0) is 17.4. The van der Waals surface area contributed by atoms with Crippen molar-refractivity contribution >= 4 is 22.8 Å². The Kier molecular flexibility index (Phi) is 3.80. The number of hydrogen-bond acceptors (Lipinski definition) is 4. The van der Waals surface area contributed by atoms with Crippen LogP contribution in [0.1, 0.15) is 12.8 Å². The Balaban J connectivity index is 1.76. The molecule has 6 heteroatoms. The van der Waals surface area contributed by atoms with Gasteiger partial charge in [-0.25, -0.2) is 4.98 Å². The molecule has 25 heavy (non-hydrogen) atoms. The van der Waals surface area contributed by atoms with E-state index in [-0.39, 0.29) is 11.8 Å². The summed E-state index contributed by atoms with van der Waals surface area (Å²) in [4.78, 5) is 19.6. The number of pyridine rings is 1. The number of amides is 1. The highest BCUT2D eigenvalue weighted by Gasteiger charge is 2.29. The molecule has 2 N–H and O–H groups in total. The number of fused-ring (bicyclic) bond motifs is 1. The summed E-state index contributed by atoms with van der Waals surface area (Å²) in [6, 6.07) is 9.45. The number of nitrogens with one attached hydrogen (secondary N) is 2. The lowest BCUT2D eigenvalue weighted by Crippen LogP contribution is -2.14. The molecule has 1 saturated carbocycles. The topological polar surface area (TPSA) is 76.2 Å². The van der Waals surface area contributed by atoms with E-state index in [1.807, 2.05) is 36.5 Å². The zero-order valence-corrected chi connectivity index (χ0v) is 14.1. The number of anilines is 1. The maximum absolute atomic E-state index is 11.9. The van der Waals surface area contributed by atoms with E-state index in [9.17, 15) is 4.79 Å². The maximum atomic E-state index is 11.9. The van der Waals surface area contributed by atoms with Crippen LogP contribution < -0.4 is 14.8 Å². The van der Waals surface area contributed by atoms with Crippen molar-refractivity contribution in [3.63, 3.8) is 0 Å². The van der Waals surface area contributed by atoms with Gasteiger partial charge in [0.05, 0.1) is 19.8 Å². The van der Waals surface area contributed by atoms with Gasteiger partial charge in [0.25, 0.3) is 0 Å². The zero-order valence-electron chi connectivity index (χ0n) is 14.1. The van der Waals surface area contributed by atoms with Crippen LogP contribution in [0.4, 0.5) is 5.82 Å². The molecule has 1 aromatic carbocycles. The third-order valence-corrected chi connectivity index (χ3v) is 4.44. The van der Waals surface area contributed by atoms with Crippen LogP contribution in [0.2, 0.25) is 0 Å². The first-order chi connectivity index (χ1) is 12.2.